The number of anilines is 1. The van der Waals surface area contributed by atoms with Crippen molar-refractivity contribution in [3.05, 3.63) is 84.3 Å². The van der Waals surface area contributed by atoms with Crippen LogP contribution in [0.5, 0.6) is 0 Å². The Morgan fingerprint density at radius 1 is 1.08 bits per heavy atom. The first-order valence-electron chi connectivity index (χ1n) is 7.73. The van der Waals surface area contributed by atoms with Gasteiger partial charge < -0.3 is 10.1 Å². The number of rotatable bonds is 5. The molecule has 120 valence electrons. The summed E-state index contributed by atoms with van der Waals surface area (Å²) in [4.78, 5) is 16.3. The minimum absolute atomic E-state index is 0.359. The van der Waals surface area contributed by atoms with Crippen LogP contribution < -0.4 is 5.32 Å². The normalized spacial score (nSPS) is 11.3. The number of ether oxygens (including phenoxy) is 1. The van der Waals surface area contributed by atoms with Crippen LogP contribution in [0.2, 0.25) is 0 Å². The number of nitrogens with one attached hydrogen (secondary N) is 1. The highest BCUT2D eigenvalue weighted by atomic mass is 16.5. The van der Waals surface area contributed by atoms with E-state index in [2.05, 4.69) is 10.3 Å². The Kier molecular flexibility index (Phi) is 4.87. The molecule has 0 saturated heterocycles. The summed E-state index contributed by atoms with van der Waals surface area (Å²) in [5.41, 5.74) is 3.32. The lowest BCUT2D eigenvalue weighted by molar-refractivity contribution is 0.0660. The number of hydrogen-bond donors (Lipinski definition) is 1. The number of aromatic nitrogens is 1. The van der Waals surface area contributed by atoms with Crippen molar-refractivity contribution >= 4 is 22.6 Å². The zero-order chi connectivity index (χ0) is 16.8. The van der Waals surface area contributed by atoms with Crippen molar-refractivity contribution in [3.8, 4) is 0 Å². The molecule has 3 aromatic rings. The van der Waals surface area contributed by atoms with Crippen molar-refractivity contribution in [2.24, 2.45) is 0 Å². The van der Waals surface area contributed by atoms with Crippen molar-refractivity contribution in [2.45, 2.75) is 6.92 Å². The maximum Gasteiger partial charge on any atom is 0.342 e. The van der Waals surface area contributed by atoms with E-state index in [1.54, 1.807) is 18.3 Å². The molecule has 0 bridgehead atoms. The third kappa shape index (κ3) is 3.79. The Morgan fingerprint density at radius 3 is 2.71 bits per heavy atom. The predicted molar refractivity (Wildman–Crippen MR) is 95.8 cm³/mol. The molecule has 1 N–H and O–H groups in total. The number of carbonyl (C=O) groups excluding carboxylic acids is 1. The van der Waals surface area contributed by atoms with E-state index in [0.29, 0.717) is 12.1 Å². The lowest BCUT2D eigenvalue weighted by atomic mass is 10.2. The van der Waals surface area contributed by atoms with Crippen LogP contribution in [-0.2, 0) is 4.74 Å². The lowest BCUT2D eigenvalue weighted by Crippen LogP contribution is -2.06. The number of nitrogens with zero attached hydrogens (tertiary/aromatic N) is 1. The quantitative estimate of drug-likeness (QED) is 0.559. The SMILES string of the molecule is CC(=COC(=O)c1ccccc1)CNc1cccc2cccnc12. The van der Waals surface area contributed by atoms with Gasteiger partial charge in [0.25, 0.3) is 0 Å². The number of fused-ring (bicyclic) bond motifs is 1. The van der Waals surface area contributed by atoms with Gasteiger partial charge in [-0.2, -0.15) is 0 Å². The number of carbonyl (C=O) groups is 1. The zero-order valence-corrected chi connectivity index (χ0v) is 13.4. The van der Waals surface area contributed by atoms with Gasteiger partial charge in [-0.25, -0.2) is 4.79 Å². The van der Waals surface area contributed by atoms with E-state index < -0.39 is 0 Å². The van der Waals surface area contributed by atoms with Gasteiger partial charge >= 0.3 is 5.97 Å². The minimum atomic E-state index is -0.359. The van der Waals surface area contributed by atoms with Crippen LogP contribution in [0.1, 0.15) is 17.3 Å². The maximum atomic E-state index is 11.9. The van der Waals surface area contributed by atoms with Gasteiger partial charge in [-0.15, -0.1) is 0 Å². The molecule has 4 nitrogen and oxygen atoms in total. The predicted octanol–water partition coefficient (Wildman–Crippen LogP) is 4.41. The highest BCUT2D eigenvalue weighted by Gasteiger charge is 2.05. The van der Waals surface area contributed by atoms with Gasteiger partial charge in [-0.1, -0.05) is 36.4 Å². The summed E-state index contributed by atoms with van der Waals surface area (Å²) in [6.45, 7) is 2.47. The van der Waals surface area contributed by atoms with Gasteiger partial charge in [0.2, 0.25) is 0 Å². The molecule has 2 aromatic carbocycles. The standard InChI is InChI=1S/C20H18N2O2/c1-15(14-24-20(23)17-7-3-2-4-8-17)13-22-18-11-5-9-16-10-6-12-21-19(16)18/h2-12,14,22H,13H2,1H3. The largest absolute Gasteiger partial charge is 0.431 e. The second-order valence-electron chi connectivity index (χ2n) is 5.47. The summed E-state index contributed by atoms with van der Waals surface area (Å²) in [6.07, 6.45) is 3.26. The molecule has 24 heavy (non-hydrogen) atoms. The Morgan fingerprint density at radius 2 is 1.88 bits per heavy atom. The first kappa shape index (κ1) is 15.7. The van der Waals surface area contributed by atoms with Crippen LogP contribution >= 0.6 is 0 Å². The van der Waals surface area contributed by atoms with Gasteiger partial charge in [-0.3, -0.25) is 4.98 Å². The van der Waals surface area contributed by atoms with E-state index >= 15 is 0 Å². The molecule has 0 aliphatic carbocycles. The molecule has 4 heteroatoms. The van der Waals surface area contributed by atoms with E-state index in [-0.39, 0.29) is 5.97 Å². The monoisotopic (exact) mass is 318 g/mol. The van der Waals surface area contributed by atoms with Crippen molar-refractivity contribution in [2.75, 3.05) is 11.9 Å². The van der Waals surface area contributed by atoms with Crippen LogP contribution in [0.3, 0.4) is 0 Å². The molecule has 3 rings (SSSR count). The molecule has 0 atom stereocenters. The van der Waals surface area contributed by atoms with E-state index in [4.69, 9.17) is 4.74 Å². The first-order chi connectivity index (χ1) is 11.7. The maximum absolute atomic E-state index is 11.9. The fourth-order valence-corrected chi connectivity index (χ4v) is 2.32. The average Bonchev–Trinajstić information content (AvgIpc) is 2.65. The Bertz CT molecular complexity index is 868. The van der Waals surface area contributed by atoms with Crippen LogP contribution in [0, 0.1) is 0 Å². The van der Waals surface area contributed by atoms with E-state index in [9.17, 15) is 4.79 Å². The minimum Gasteiger partial charge on any atom is -0.431 e. The summed E-state index contributed by atoms with van der Waals surface area (Å²) < 4.78 is 5.21. The van der Waals surface area contributed by atoms with E-state index in [1.165, 1.54) is 6.26 Å². The molecule has 0 amide bonds. The summed E-state index contributed by atoms with van der Waals surface area (Å²) in [5, 5.41) is 4.41. The van der Waals surface area contributed by atoms with Crippen LogP contribution in [0.15, 0.2) is 78.7 Å². The summed E-state index contributed by atoms with van der Waals surface area (Å²) in [7, 11) is 0. The van der Waals surface area contributed by atoms with Crippen molar-refractivity contribution in [1.82, 2.24) is 4.98 Å². The fourth-order valence-electron chi connectivity index (χ4n) is 2.32. The van der Waals surface area contributed by atoms with Gasteiger partial charge in [0.15, 0.2) is 0 Å². The third-order valence-electron chi connectivity index (χ3n) is 3.57. The Labute approximate surface area is 140 Å². The second kappa shape index (κ2) is 7.42. The van der Waals surface area contributed by atoms with Gasteiger partial charge in [0, 0.05) is 18.1 Å². The van der Waals surface area contributed by atoms with Crippen molar-refractivity contribution in [1.29, 1.82) is 0 Å². The van der Waals surface area contributed by atoms with Crippen molar-refractivity contribution in [3.63, 3.8) is 0 Å². The number of benzene rings is 2. The zero-order valence-electron chi connectivity index (χ0n) is 13.4. The third-order valence-corrected chi connectivity index (χ3v) is 3.57. The van der Waals surface area contributed by atoms with Gasteiger partial charge in [-0.05, 0) is 36.8 Å². The molecule has 1 heterocycles. The molecule has 0 aliphatic rings. The van der Waals surface area contributed by atoms with Crippen LogP contribution in [0.25, 0.3) is 10.9 Å². The lowest BCUT2D eigenvalue weighted by Gasteiger charge is -2.09. The molecule has 0 aliphatic heterocycles. The highest BCUT2D eigenvalue weighted by Crippen LogP contribution is 2.20. The molecular formula is C20H18N2O2. The fraction of sp³-hybridized carbons (Fsp3) is 0.100. The van der Waals surface area contributed by atoms with Crippen LogP contribution in [0.4, 0.5) is 5.69 Å². The topological polar surface area (TPSA) is 51.2 Å². The molecule has 1 aromatic heterocycles. The number of esters is 1. The molecule has 0 unspecified atom stereocenters. The van der Waals surface area contributed by atoms with E-state index in [0.717, 1.165) is 22.2 Å². The number of pyridine rings is 1. The van der Waals surface area contributed by atoms with E-state index in [1.807, 2.05) is 55.5 Å². The molecule has 0 fully saturated rings. The number of para-hydroxylation sites is 1. The molecular weight excluding hydrogens is 300 g/mol. The Hall–Kier alpha value is -3.14. The second-order valence-corrected chi connectivity index (χ2v) is 5.47. The average molecular weight is 318 g/mol. The van der Waals surface area contributed by atoms with Crippen molar-refractivity contribution < 1.29 is 9.53 Å². The first-order valence-corrected chi connectivity index (χ1v) is 7.73. The molecule has 0 saturated carbocycles. The van der Waals surface area contributed by atoms with Crippen LogP contribution in [-0.4, -0.2) is 17.5 Å². The smallest absolute Gasteiger partial charge is 0.342 e. The highest BCUT2D eigenvalue weighted by molar-refractivity contribution is 5.90. The van der Waals surface area contributed by atoms with Gasteiger partial charge in [0.1, 0.15) is 0 Å². The summed E-state index contributed by atoms with van der Waals surface area (Å²) >= 11 is 0. The Balaban J connectivity index is 1.62. The molecule has 0 radical (unpaired) electrons. The van der Waals surface area contributed by atoms with Gasteiger partial charge in [0.05, 0.1) is 23.0 Å². The number of hydrogen-bond acceptors (Lipinski definition) is 4. The summed E-state index contributed by atoms with van der Waals surface area (Å²) in [6, 6.07) is 18.9. The summed E-state index contributed by atoms with van der Waals surface area (Å²) in [5.74, 6) is -0.359. The molecule has 0 spiro atoms.